The van der Waals surface area contributed by atoms with Crippen molar-refractivity contribution in [1.82, 2.24) is 19.7 Å². The summed E-state index contributed by atoms with van der Waals surface area (Å²) in [5, 5.41) is 6.83. The fourth-order valence-electron chi connectivity index (χ4n) is 3.35. The van der Waals surface area contributed by atoms with Crippen LogP contribution in [0.2, 0.25) is 0 Å². The summed E-state index contributed by atoms with van der Waals surface area (Å²) in [6.07, 6.45) is -3.01. The van der Waals surface area contributed by atoms with E-state index in [1.807, 2.05) is 0 Å². The van der Waals surface area contributed by atoms with Crippen LogP contribution in [0.15, 0.2) is 60.9 Å². The van der Waals surface area contributed by atoms with E-state index in [9.17, 15) is 22.4 Å². The van der Waals surface area contributed by atoms with Gasteiger partial charge in [0, 0.05) is 24.4 Å². The Morgan fingerprint density at radius 3 is 2.51 bits per heavy atom. The highest BCUT2D eigenvalue weighted by Crippen LogP contribution is 2.40. The lowest BCUT2D eigenvalue weighted by Crippen LogP contribution is -2.14. The van der Waals surface area contributed by atoms with Crippen LogP contribution in [-0.2, 0) is 24.6 Å². The van der Waals surface area contributed by atoms with Crippen molar-refractivity contribution in [2.75, 3.05) is 5.32 Å². The van der Waals surface area contributed by atoms with Gasteiger partial charge in [0.2, 0.25) is 0 Å². The molecule has 35 heavy (non-hydrogen) atoms. The van der Waals surface area contributed by atoms with E-state index in [1.165, 1.54) is 23.1 Å². The Morgan fingerprint density at radius 1 is 1.14 bits per heavy atom. The highest BCUT2D eigenvalue weighted by atomic mass is 19.4. The number of carbonyl (C=O) groups is 1. The number of carbonyl (C=O) groups excluding carboxylic acids is 1. The van der Waals surface area contributed by atoms with Crippen LogP contribution in [0.1, 0.15) is 11.4 Å². The number of amides is 1. The Labute approximate surface area is 196 Å². The van der Waals surface area contributed by atoms with Crippen LogP contribution >= 0.6 is 0 Å². The molecule has 2 aromatic heterocycles. The van der Waals surface area contributed by atoms with Gasteiger partial charge in [-0.2, -0.15) is 18.3 Å². The molecule has 0 unspecified atom stereocenters. The Bertz CT molecular complexity index is 1370. The number of alkyl halides is 3. The van der Waals surface area contributed by atoms with E-state index in [0.717, 1.165) is 6.07 Å². The van der Waals surface area contributed by atoms with Crippen LogP contribution in [0.25, 0.3) is 22.5 Å². The highest BCUT2D eigenvalue weighted by molar-refractivity contribution is 5.79. The molecule has 2 heterocycles. The molecule has 12 heteroatoms. The SMILES string of the molecule is Cn1ccc(-c2cc(Nc3cnc(COC(N)=O)nc3-c3ccccc3)c(F)cc2C(F)(F)F)n1. The largest absolute Gasteiger partial charge is 0.441 e. The van der Waals surface area contributed by atoms with Crippen LogP contribution in [0.3, 0.4) is 0 Å². The molecule has 4 aromatic rings. The second-order valence-corrected chi connectivity index (χ2v) is 7.40. The number of nitrogens with two attached hydrogens (primary N) is 1. The molecule has 0 bridgehead atoms. The fraction of sp³-hybridized carbons (Fsp3) is 0.130. The average molecular weight is 486 g/mol. The van der Waals surface area contributed by atoms with Gasteiger partial charge in [-0.05, 0) is 18.2 Å². The van der Waals surface area contributed by atoms with Crippen molar-refractivity contribution < 1.29 is 27.1 Å². The summed E-state index contributed by atoms with van der Waals surface area (Å²) in [7, 11) is 1.56. The first-order valence-corrected chi connectivity index (χ1v) is 10.1. The van der Waals surface area contributed by atoms with Gasteiger partial charge in [0.1, 0.15) is 5.82 Å². The molecule has 3 N–H and O–H groups in total. The number of aryl methyl sites for hydroxylation is 1. The number of primary amides is 1. The predicted molar refractivity (Wildman–Crippen MR) is 119 cm³/mol. The maximum atomic E-state index is 14.9. The molecule has 0 aliphatic carbocycles. The molecule has 0 spiro atoms. The number of nitrogens with one attached hydrogen (secondary N) is 1. The minimum absolute atomic E-state index is 0.0290. The maximum Gasteiger partial charge on any atom is 0.417 e. The van der Waals surface area contributed by atoms with E-state index < -0.39 is 23.7 Å². The number of hydrogen-bond donors (Lipinski definition) is 2. The Hall–Kier alpha value is -4.48. The Kier molecular flexibility index (Phi) is 6.36. The van der Waals surface area contributed by atoms with Crippen molar-refractivity contribution in [3.8, 4) is 22.5 Å². The van der Waals surface area contributed by atoms with Crippen molar-refractivity contribution in [1.29, 1.82) is 0 Å². The first kappa shape index (κ1) is 23.7. The lowest BCUT2D eigenvalue weighted by molar-refractivity contribution is -0.137. The van der Waals surface area contributed by atoms with Gasteiger partial charge in [-0.3, -0.25) is 4.68 Å². The van der Waals surface area contributed by atoms with Crippen LogP contribution in [0.4, 0.5) is 33.7 Å². The summed E-state index contributed by atoms with van der Waals surface area (Å²) in [5.74, 6) is -1.01. The molecule has 4 rings (SSSR count). The number of nitrogens with zero attached hydrogens (tertiary/aromatic N) is 4. The molecule has 0 fully saturated rings. The molecule has 0 aliphatic heterocycles. The lowest BCUT2D eigenvalue weighted by atomic mass is 10.0. The summed E-state index contributed by atoms with van der Waals surface area (Å²) >= 11 is 0. The van der Waals surface area contributed by atoms with E-state index in [1.54, 1.807) is 37.4 Å². The molecular formula is C23H18F4N6O2. The molecule has 0 saturated carbocycles. The molecule has 8 nitrogen and oxygen atoms in total. The summed E-state index contributed by atoms with van der Waals surface area (Å²) < 4.78 is 61.9. The summed E-state index contributed by atoms with van der Waals surface area (Å²) in [6.45, 7) is -0.298. The Morgan fingerprint density at radius 2 is 1.89 bits per heavy atom. The van der Waals surface area contributed by atoms with Crippen LogP contribution in [0, 0.1) is 5.82 Å². The minimum atomic E-state index is -4.80. The molecule has 2 aromatic carbocycles. The predicted octanol–water partition coefficient (Wildman–Crippen LogP) is 5.04. The van der Waals surface area contributed by atoms with Crippen molar-refractivity contribution in [2.45, 2.75) is 12.8 Å². The van der Waals surface area contributed by atoms with Gasteiger partial charge in [-0.25, -0.2) is 19.2 Å². The van der Waals surface area contributed by atoms with Gasteiger partial charge < -0.3 is 15.8 Å². The summed E-state index contributed by atoms with van der Waals surface area (Å²) in [4.78, 5) is 19.4. The monoisotopic (exact) mass is 486 g/mol. The average Bonchev–Trinajstić information content (AvgIpc) is 3.25. The molecule has 1 amide bonds. The van der Waals surface area contributed by atoms with E-state index in [0.29, 0.717) is 17.3 Å². The fourth-order valence-corrected chi connectivity index (χ4v) is 3.35. The molecule has 0 radical (unpaired) electrons. The number of anilines is 2. The normalized spacial score (nSPS) is 11.3. The van der Waals surface area contributed by atoms with Crippen LogP contribution in [-0.4, -0.2) is 25.8 Å². The van der Waals surface area contributed by atoms with Crippen molar-refractivity contribution >= 4 is 17.5 Å². The van der Waals surface area contributed by atoms with Crippen LogP contribution in [0.5, 0.6) is 0 Å². The van der Waals surface area contributed by atoms with Gasteiger partial charge in [-0.1, -0.05) is 30.3 Å². The van der Waals surface area contributed by atoms with E-state index in [2.05, 4.69) is 20.4 Å². The zero-order chi connectivity index (χ0) is 25.2. The third-order valence-corrected chi connectivity index (χ3v) is 4.90. The van der Waals surface area contributed by atoms with E-state index >= 15 is 0 Å². The van der Waals surface area contributed by atoms with Crippen molar-refractivity contribution in [2.24, 2.45) is 12.8 Å². The third kappa shape index (κ3) is 5.37. The smallest absolute Gasteiger partial charge is 0.417 e. The van der Waals surface area contributed by atoms with Gasteiger partial charge in [-0.15, -0.1) is 0 Å². The molecule has 0 saturated heterocycles. The second-order valence-electron chi connectivity index (χ2n) is 7.40. The van der Waals surface area contributed by atoms with E-state index in [-0.39, 0.29) is 35.1 Å². The molecule has 0 aliphatic rings. The first-order valence-electron chi connectivity index (χ1n) is 10.1. The second kappa shape index (κ2) is 9.41. The number of ether oxygens (including phenoxy) is 1. The number of aromatic nitrogens is 4. The molecule has 180 valence electrons. The number of rotatable bonds is 6. The zero-order valence-electron chi connectivity index (χ0n) is 18.2. The topological polar surface area (TPSA) is 108 Å². The number of hydrogen-bond acceptors (Lipinski definition) is 6. The van der Waals surface area contributed by atoms with Crippen LogP contribution < -0.4 is 11.1 Å². The lowest BCUT2D eigenvalue weighted by Gasteiger charge is -2.17. The maximum absolute atomic E-state index is 14.9. The first-order chi connectivity index (χ1) is 16.6. The van der Waals surface area contributed by atoms with Crippen molar-refractivity contribution in [3.05, 3.63) is 78.1 Å². The van der Waals surface area contributed by atoms with Crippen molar-refractivity contribution in [3.63, 3.8) is 0 Å². The van der Waals surface area contributed by atoms with Gasteiger partial charge in [0.05, 0.1) is 34.5 Å². The third-order valence-electron chi connectivity index (χ3n) is 4.90. The summed E-state index contributed by atoms with van der Waals surface area (Å²) in [5.41, 5.74) is 4.46. The standard InChI is InChI=1S/C23H18F4N6O2/c1-33-8-7-17(32-33)14-9-18(16(24)10-15(14)23(25,26)27)30-19-11-29-20(12-35-22(28)34)31-21(19)13-5-3-2-4-6-13/h2-11,30H,12H2,1H3,(H2,28,34). The van der Waals surface area contributed by atoms with Gasteiger partial charge in [0.15, 0.2) is 12.4 Å². The number of halogens is 4. The quantitative estimate of drug-likeness (QED) is 0.370. The molecule has 0 atom stereocenters. The summed E-state index contributed by atoms with van der Waals surface area (Å²) in [6, 6.07) is 11.6. The van der Waals surface area contributed by atoms with Gasteiger partial charge in [0.25, 0.3) is 0 Å². The number of benzene rings is 2. The Balaban J connectivity index is 1.80. The highest BCUT2D eigenvalue weighted by Gasteiger charge is 2.35. The van der Waals surface area contributed by atoms with Gasteiger partial charge >= 0.3 is 12.3 Å². The molecular weight excluding hydrogens is 468 g/mol. The zero-order valence-corrected chi connectivity index (χ0v) is 18.2. The van der Waals surface area contributed by atoms with E-state index in [4.69, 9.17) is 10.5 Å². The minimum Gasteiger partial charge on any atom is -0.441 e.